The van der Waals surface area contributed by atoms with Gasteiger partial charge in [-0.2, -0.15) is 18.3 Å². The summed E-state index contributed by atoms with van der Waals surface area (Å²) >= 11 is 0. The van der Waals surface area contributed by atoms with Crippen molar-refractivity contribution < 1.29 is 22.4 Å². The molecule has 1 saturated heterocycles. The molecule has 2 aromatic carbocycles. The Morgan fingerprint density at radius 2 is 1.78 bits per heavy atom. The van der Waals surface area contributed by atoms with Gasteiger partial charge in [-0.1, -0.05) is 6.07 Å². The Morgan fingerprint density at radius 3 is 2.49 bits per heavy atom. The lowest BCUT2D eigenvalue weighted by atomic mass is 10.00. The Kier molecular flexibility index (Phi) is 6.42. The normalized spacial score (nSPS) is 15.4. The molecule has 0 atom stereocenters. The second-order valence-corrected chi connectivity index (χ2v) is 9.17. The van der Waals surface area contributed by atoms with Gasteiger partial charge in [-0.05, 0) is 60.1 Å². The monoisotopic (exact) mass is 512 g/mol. The van der Waals surface area contributed by atoms with Gasteiger partial charge in [-0.25, -0.2) is 9.07 Å². The van der Waals surface area contributed by atoms with E-state index in [2.05, 4.69) is 26.9 Å². The molecule has 2 aromatic heterocycles. The van der Waals surface area contributed by atoms with Crippen LogP contribution in [0.2, 0.25) is 0 Å². The van der Waals surface area contributed by atoms with Gasteiger partial charge in [0, 0.05) is 44.3 Å². The average Bonchev–Trinajstić information content (AvgIpc) is 3.24. The number of halogens is 4. The summed E-state index contributed by atoms with van der Waals surface area (Å²) in [5.74, 6) is -1.30. The summed E-state index contributed by atoms with van der Waals surface area (Å²) in [6.45, 7) is 4.22. The highest BCUT2D eigenvalue weighted by Crippen LogP contribution is 2.35. The quantitative estimate of drug-likeness (QED) is 0.408. The van der Waals surface area contributed by atoms with Gasteiger partial charge in [0.1, 0.15) is 5.82 Å². The zero-order valence-electron chi connectivity index (χ0n) is 20.0. The van der Waals surface area contributed by atoms with Crippen LogP contribution in [-0.2, 0) is 12.7 Å². The van der Waals surface area contributed by atoms with Crippen LogP contribution in [0, 0.1) is 5.82 Å². The number of fused-ring (bicyclic) bond motifs is 1. The molecule has 1 aliphatic rings. The maximum Gasteiger partial charge on any atom is 0.418 e. The molecule has 0 unspecified atom stereocenters. The fraction of sp³-hybridized carbons (Fsp3) is 0.269. The zero-order chi connectivity index (χ0) is 26.3. The smallest absolute Gasteiger partial charge is 0.364 e. The molecule has 1 amide bonds. The molecule has 1 aliphatic heterocycles. The number of alkyl halides is 3. The van der Waals surface area contributed by atoms with Gasteiger partial charge < -0.3 is 10.6 Å². The molecule has 0 aliphatic carbocycles. The number of carbonyl (C=O) groups is 1. The van der Waals surface area contributed by atoms with Crippen molar-refractivity contribution in [2.24, 2.45) is 5.73 Å². The van der Waals surface area contributed by atoms with Gasteiger partial charge in [0.2, 0.25) is 0 Å². The molecule has 0 bridgehead atoms. The van der Waals surface area contributed by atoms with Crippen molar-refractivity contribution >= 4 is 16.8 Å². The number of piperazine rings is 1. The minimum absolute atomic E-state index is 0.192. The predicted octanol–water partition coefficient (Wildman–Crippen LogP) is 4.09. The first-order valence-electron chi connectivity index (χ1n) is 11.6. The van der Waals surface area contributed by atoms with E-state index in [1.165, 1.54) is 12.1 Å². The predicted molar refractivity (Wildman–Crippen MR) is 131 cm³/mol. The minimum Gasteiger partial charge on any atom is -0.364 e. The number of carbonyl (C=O) groups excluding carboxylic acids is 1. The largest absolute Gasteiger partial charge is 0.418 e. The molecule has 37 heavy (non-hydrogen) atoms. The van der Waals surface area contributed by atoms with Crippen molar-refractivity contribution in [1.82, 2.24) is 24.6 Å². The van der Waals surface area contributed by atoms with Crippen molar-refractivity contribution in [2.45, 2.75) is 12.7 Å². The summed E-state index contributed by atoms with van der Waals surface area (Å²) in [6.07, 6.45) is -2.59. The lowest BCUT2D eigenvalue weighted by molar-refractivity contribution is -0.137. The maximum atomic E-state index is 14.6. The first kappa shape index (κ1) is 24.8. The van der Waals surface area contributed by atoms with Crippen LogP contribution in [0.5, 0.6) is 0 Å². The Morgan fingerprint density at radius 1 is 1.03 bits per heavy atom. The molecule has 5 rings (SSSR count). The first-order valence-corrected chi connectivity index (χ1v) is 11.6. The minimum atomic E-state index is -4.66. The van der Waals surface area contributed by atoms with Crippen LogP contribution >= 0.6 is 0 Å². The van der Waals surface area contributed by atoms with Gasteiger partial charge in [0.25, 0.3) is 5.91 Å². The number of aromatic nitrogens is 3. The maximum absolute atomic E-state index is 14.6. The van der Waals surface area contributed by atoms with E-state index in [1.54, 1.807) is 18.2 Å². The number of rotatable bonds is 5. The Labute approximate surface area is 210 Å². The third kappa shape index (κ3) is 5.05. The molecule has 0 saturated carbocycles. The van der Waals surface area contributed by atoms with Crippen LogP contribution in [0.4, 0.5) is 17.6 Å². The molecule has 11 heteroatoms. The second kappa shape index (κ2) is 9.56. The number of primary amides is 1. The van der Waals surface area contributed by atoms with Crippen LogP contribution in [0.3, 0.4) is 0 Å². The Bertz CT molecular complexity index is 1470. The van der Waals surface area contributed by atoms with E-state index in [9.17, 15) is 22.4 Å². The highest BCUT2D eigenvalue weighted by atomic mass is 19.4. The lowest BCUT2D eigenvalue weighted by Crippen LogP contribution is -2.43. The van der Waals surface area contributed by atoms with Gasteiger partial charge in [-0.3, -0.25) is 14.7 Å². The number of benzene rings is 2. The van der Waals surface area contributed by atoms with Gasteiger partial charge in [-0.15, -0.1) is 0 Å². The molecule has 0 spiro atoms. The average molecular weight is 513 g/mol. The van der Waals surface area contributed by atoms with E-state index in [-0.39, 0.29) is 22.3 Å². The van der Waals surface area contributed by atoms with Crippen LogP contribution in [0.1, 0.15) is 21.6 Å². The van der Waals surface area contributed by atoms with Crippen LogP contribution in [-0.4, -0.2) is 63.7 Å². The second-order valence-electron chi connectivity index (χ2n) is 9.17. The zero-order valence-corrected chi connectivity index (χ0v) is 20.0. The lowest BCUT2D eigenvalue weighted by Gasteiger charge is -2.32. The summed E-state index contributed by atoms with van der Waals surface area (Å²) in [4.78, 5) is 20.5. The van der Waals surface area contributed by atoms with Crippen LogP contribution in [0.25, 0.3) is 27.7 Å². The van der Waals surface area contributed by atoms with Gasteiger partial charge in [0.05, 0.1) is 23.0 Å². The Balaban J connectivity index is 1.57. The summed E-state index contributed by atoms with van der Waals surface area (Å²) < 4.78 is 56.6. The number of amides is 1. The molecular weight excluding hydrogens is 488 g/mol. The number of pyridine rings is 1. The first-order chi connectivity index (χ1) is 17.6. The molecule has 3 heterocycles. The third-order valence-electron chi connectivity index (χ3n) is 6.54. The number of hydrogen-bond donors (Lipinski definition) is 1. The number of nitrogens with two attached hydrogens (primary N) is 1. The summed E-state index contributed by atoms with van der Waals surface area (Å²) in [7, 11) is 2.06. The molecule has 0 radical (unpaired) electrons. The molecule has 1 fully saturated rings. The fourth-order valence-corrected chi connectivity index (χ4v) is 4.63. The van der Waals surface area contributed by atoms with Crippen molar-refractivity contribution in [3.63, 3.8) is 0 Å². The molecule has 2 N–H and O–H groups in total. The molecule has 192 valence electrons. The standard InChI is InChI=1S/C26H24F4N6O/c1-34-6-8-35(9-7-34)15-16-10-18(12-19(27)11-16)17-2-3-22-20(13-17)24(25(31)37)33-36(22)23-14-32-5-4-21(23)26(28,29)30/h2-5,10-14H,6-9,15H2,1H3,(H2,31,37). The van der Waals surface area contributed by atoms with Crippen molar-refractivity contribution in [1.29, 1.82) is 0 Å². The molecule has 4 aromatic rings. The van der Waals surface area contributed by atoms with Crippen molar-refractivity contribution in [3.05, 3.63) is 77.5 Å². The van der Waals surface area contributed by atoms with Crippen molar-refractivity contribution in [2.75, 3.05) is 33.2 Å². The number of hydrogen-bond acceptors (Lipinski definition) is 5. The topological polar surface area (TPSA) is 80.3 Å². The summed E-state index contributed by atoms with van der Waals surface area (Å²) in [5, 5.41) is 4.36. The van der Waals surface area contributed by atoms with Crippen LogP contribution in [0.15, 0.2) is 54.9 Å². The van der Waals surface area contributed by atoms with E-state index in [4.69, 9.17) is 5.73 Å². The number of nitrogens with zero attached hydrogens (tertiary/aromatic N) is 5. The van der Waals surface area contributed by atoms with E-state index >= 15 is 0 Å². The van der Waals surface area contributed by atoms with E-state index in [0.29, 0.717) is 17.7 Å². The Hall–Kier alpha value is -3.83. The van der Waals surface area contributed by atoms with E-state index < -0.39 is 23.5 Å². The van der Waals surface area contributed by atoms with Gasteiger partial charge >= 0.3 is 6.18 Å². The molecule has 7 nitrogen and oxygen atoms in total. The van der Waals surface area contributed by atoms with Gasteiger partial charge in [0.15, 0.2) is 5.69 Å². The summed E-state index contributed by atoms with van der Waals surface area (Å²) in [6, 6.07) is 10.4. The fourth-order valence-electron chi connectivity index (χ4n) is 4.63. The highest BCUT2D eigenvalue weighted by molar-refractivity contribution is 6.05. The molecular formula is C26H24F4N6O. The van der Waals surface area contributed by atoms with Crippen molar-refractivity contribution in [3.8, 4) is 16.8 Å². The van der Waals surface area contributed by atoms with Crippen LogP contribution < -0.4 is 5.73 Å². The van der Waals surface area contributed by atoms with E-state index in [1.807, 2.05) is 6.07 Å². The highest BCUT2D eigenvalue weighted by Gasteiger charge is 2.35. The SMILES string of the molecule is CN1CCN(Cc2cc(F)cc(-c3ccc4c(c3)c(C(N)=O)nn4-c3cnccc3C(F)(F)F)c2)CC1. The number of likely N-dealkylation sites (N-methyl/N-ethyl adjacent to an activating group) is 1. The summed E-state index contributed by atoms with van der Waals surface area (Å²) in [5.41, 5.74) is 6.24. The third-order valence-corrected chi connectivity index (χ3v) is 6.54. The van der Waals surface area contributed by atoms with E-state index in [0.717, 1.165) is 54.9 Å².